The van der Waals surface area contributed by atoms with Gasteiger partial charge in [0.15, 0.2) is 5.69 Å². The van der Waals surface area contributed by atoms with Crippen molar-refractivity contribution in [3.05, 3.63) is 77.4 Å². The zero-order chi connectivity index (χ0) is 16.5. The lowest BCUT2D eigenvalue weighted by atomic mass is 10.1. The molecule has 0 spiro atoms. The first kappa shape index (κ1) is 14.6. The average molecular weight is 321 g/mol. The van der Waals surface area contributed by atoms with Crippen molar-refractivity contribution in [1.29, 1.82) is 0 Å². The van der Waals surface area contributed by atoms with E-state index in [4.69, 9.17) is 0 Å². The highest BCUT2D eigenvalue weighted by atomic mass is 19.1. The second-order valence-corrected chi connectivity index (χ2v) is 5.89. The van der Waals surface area contributed by atoms with Gasteiger partial charge in [0.05, 0.1) is 0 Å². The molecule has 0 saturated heterocycles. The van der Waals surface area contributed by atoms with Gasteiger partial charge in [0.25, 0.3) is 5.91 Å². The summed E-state index contributed by atoms with van der Waals surface area (Å²) in [7, 11) is 0. The maximum absolute atomic E-state index is 13.8. The van der Waals surface area contributed by atoms with Crippen LogP contribution in [0.25, 0.3) is 5.69 Å². The van der Waals surface area contributed by atoms with Crippen LogP contribution in [0.4, 0.5) is 10.1 Å². The standard InChI is InChI=1S/C19H16FN3O/c20-16-6-1-2-7-18(16)23-11-10-17(22-23)19(24)21-15-9-8-13-4-3-5-14(13)12-15/h1-2,6-12H,3-5H2,(H,21,24). The lowest BCUT2D eigenvalue weighted by molar-refractivity contribution is 0.102. The summed E-state index contributed by atoms with van der Waals surface area (Å²) in [6.07, 6.45) is 4.91. The molecule has 1 heterocycles. The summed E-state index contributed by atoms with van der Waals surface area (Å²) >= 11 is 0. The topological polar surface area (TPSA) is 46.9 Å². The number of carbonyl (C=O) groups excluding carboxylic acids is 1. The van der Waals surface area contributed by atoms with Crippen LogP contribution in [0.3, 0.4) is 0 Å². The van der Waals surface area contributed by atoms with Crippen molar-refractivity contribution in [2.45, 2.75) is 19.3 Å². The number of carbonyl (C=O) groups is 1. The number of aryl methyl sites for hydroxylation is 2. The fourth-order valence-corrected chi connectivity index (χ4v) is 3.06. The molecule has 1 aromatic heterocycles. The highest BCUT2D eigenvalue weighted by Gasteiger charge is 2.14. The van der Waals surface area contributed by atoms with Crippen molar-refractivity contribution in [2.75, 3.05) is 5.32 Å². The van der Waals surface area contributed by atoms with Crippen LogP contribution in [0, 0.1) is 5.82 Å². The number of fused-ring (bicyclic) bond motifs is 1. The first-order valence-corrected chi connectivity index (χ1v) is 7.94. The second kappa shape index (κ2) is 5.92. The maximum Gasteiger partial charge on any atom is 0.276 e. The molecule has 4 nitrogen and oxygen atoms in total. The highest BCUT2D eigenvalue weighted by Crippen LogP contribution is 2.25. The minimum absolute atomic E-state index is 0.249. The van der Waals surface area contributed by atoms with E-state index in [-0.39, 0.29) is 17.4 Å². The van der Waals surface area contributed by atoms with Crippen LogP contribution in [-0.4, -0.2) is 15.7 Å². The first-order chi connectivity index (χ1) is 11.7. The molecule has 0 fully saturated rings. The molecule has 24 heavy (non-hydrogen) atoms. The normalized spacial score (nSPS) is 12.9. The molecule has 3 aromatic rings. The number of halogens is 1. The van der Waals surface area contributed by atoms with E-state index < -0.39 is 0 Å². The van der Waals surface area contributed by atoms with Gasteiger partial charge in [-0.15, -0.1) is 0 Å². The Kier molecular flexibility index (Phi) is 3.61. The van der Waals surface area contributed by atoms with Crippen LogP contribution >= 0.6 is 0 Å². The monoisotopic (exact) mass is 321 g/mol. The molecule has 5 heteroatoms. The summed E-state index contributed by atoms with van der Waals surface area (Å²) in [5.41, 5.74) is 3.98. The molecule has 1 N–H and O–H groups in total. The molecule has 0 unspecified atom stereocenters. The molecular weight excluding hydrogens is 305 g/mol. The van der Waals surface area contributed by atoms with Crippen molar-refractivity contribution in [2.24, 2.45) is 0 Å². The number of rotatable bonds is 3. The molecule has 4 rings (SSSR count). The van der Waals surface area contributed by atoms with E-state index in [1.807, 2.05) is 12.1 Å². The van der Waals surface area contributed by atoms with Gasteiger partial charge in [0.1, 0.15) is 11.5 Å². The molecule has 1 amide bonds. The number of hydrogen-bond donors (Lipinski definition) is 1. The fraction of sp³-hybridized carbons (Fsp3) is 0.158. The van der Waals surface area contributed by atoms with E-state index in [0.717, 1.165) is 18.5 Å². The number of hydrogen-bond acceptors (Lipinski definition) is 2. The van der Waals surface area contributed by atoms with Crippen LogP contribution in [0.15, 0.2) is 54.7 Å². The Morgan fingerprint density at radius 1 is 1.08 bits per heavy atom. The predicted molar refractivity (Wildman–Crippen MR) is 89.9 cm³/mol. The highest BCUT2D eigenvalue weighted by molar-refractivity contribution is 6.02. The lowest BCUT2D eigenvalue weighted by Gasteiger charge is -2.06. The van der Waals surface area contributed by atoms with Gasteiger partial charge in [-0.1, -0.05) is 18.2 Å². The van der Waals surface area contributed by atoms with Gasteiger partial charge in [-0.25, -0.2) is 9.07 Å². The van der Waals surface area contributed by atoms with Crippen molar-refractivity contribution in [3.63, 3.8) is 0 Å². The molecule has 120 valence electrons. The summed E-state index contributed by atoms with van der Waals surface area (Å²) in [5.74, 6) is -0.686. The number of benzene rings is 2. The van der Waals surface area contributed by atoms with Crippen LogP contribution < -0.4 is 5.32 Å². The van der Waals surface area contributed by atoms with Gasteiger partial charge in [0, 0.05) is 11.9 Å². The Labute approximate surface area is 138 Å². The Morgan fingerprint density at radius 2 is 1.92 bits per heavy atom. The zero-order valence-corrected chi connectivity index (χ0v) is 13.0. The molecule has 0 bridgehead atoms. The average Bonchev–Trinajstić information content (AvgIpc) is 3.24. The third kappa shape index (κ3) is 2.69. The molecule has 1 aliphatic carbocycles. The Morgan fingerprint density at radius 3 is 2.79 bits per heavy atom. The van der Waals surface area contributed by atoms with E-state index in [1.54, 1.807) is 30.5 Å². The van der Waals surface area contributed by atoms with E-state index in [2.05, 4.69) is 16.5 Å². The molecule has 0 atom stereocenters. The van der Waals surface area contributed by atoms with Gasteiger partial charge in [-0.05, 0) is 60.7 Å². The zero-order valence-electron chi connectivity index (χ0n) is 13.0. The molecule has 0 aliphatic heterocycles. The number of nitrogens with zero attached hydrogens (tertiary/aromatic N) is 2. The van der Waals surface area contributed by atoms with Crippen LogP contribution in [-0.2, 0) is 12.8 Å². The summed E-state index contributed by atoms with van der Waals surface area (Å²) in [5, 5.41) is 7.03. The van der Waals surface area contributed by atoms with Crippen molar-refractivity contribution in [3.8, 4) is 5.69 Å². The molecule has 0 radical (unpaired) electrons. The van der Waals surface area contributed by atoms with Crippen LogP contribution in [0.1, 0.15) is 28.0 Å². The first-order valence-electron chi connectivity index (χ1n) is 7.94. The Hall–Kier alpha value is -2.95. The van der Waals surface area contributed by atoms with Gasteiger partial charge >= 0.3 is 0 Å². The number of para-hydroxylation sites is 1. The van der Waals surface area contributed by atoms with Gasteiger partial charge < -0.3 is 5.32 Å². The predicted octanol–water partition coefficient (Wildman–Crippen LogP) is 3.75. The van der Waals surface area contributed by atoms with E-state index >= 15 is 0 Å². The SMILES string of the molecule is O=C(Nc1ccc2c(c1)CCC2)c1ccn(-c2ccccc2F)n1. The summed E-state index contributed by atoms with van der Waals surface area (Å²) < 4.78 is 15.2. The van der Waals surface area contributed by atoms with Crippen molar-refractivity contribution >= 4 is 11.6 Å². The maximum atomic E-state index is 13.8. The fourth-order valence-electron chi connectivity index (χ4n) is 3.06. The Bertz CT molecular complexity index is 916. The van der Waals surface area contributed by atoms with Gasteiger partial charge in [-0.3, -0.25) is 4.79 Å². The summed E-state index contributed by atoms with van der Waals surface area (Å²) in [6, 6.07) is 13.9. The second-order valence-electron chi connectivity index (χ2n) is 5.89. The molecular formula is C19H16FN3O. The van der Waals surface area contributed by atoms with E-state index in [9.17, 15) is 9.18 Å². The van der Waals surface area contributed by atoms with Crippen molar-refractivity contribution < 1.29 is 9.18 Å². The smallest absolute Gasteiger partial charge is 0.276 e. The third-order valence-corrected chi connectivity index (χ3v) is 4.28. The molecule has 2 aromatic carbocycles. The summed E-state index contributed by atoms with van der Waals surface area (Å²) in [4.78, 5) is 12.4. The Balaban J connectivity index is 1.54. The summed E-state index contributed by atoms with van der Waals surface area (Å²) in [6.45, 7) is 0. The lowest BCUT2D eigenvalue weighted by Crippen LogP contribution is -2.13. The van der Waals surface area contributed by atoms with Crippen LogP contribution in [0.5, 0.6) is 0 Å². The number of amides is 1. The van der Waals surface area contributed by atoms with E-state index in [1.165, 1.54) is 28.3 Å². The minimum atomic E-state index is -0.383. The van der Waals surface area contributed by atoms with Gasteiger partial charge in [-0.2, -0.15) is 5.10 Å². The number of aromatic nitrogens is 2. The van der Waals surface area contributed by atoms with Gasteiger partial charge in [0.2, 0.25) is 0 Å². The number of nitrogens with one attached hydrogen (secondary N) is 1. The number of anilines is 1. The third-order valence-electron chi connectivity index (χ3n) is 4.28. The van der Waals surface area contributed by atoms with Crippen LogP contribution in [0.2, 0.25) is 0 Å². The van der Waals surface area contributed by atoms with Crippen molar-refractivity contribution in [1.82, 2.24) is 9.78 Å². The molecule has 1 aliphatic rings. The quantitative estimate of drug-likeness (QED) is 0.798. The molecule has 0 saturated carbocycles. The largest absolute Gasteiger partial charge is 0.321 e. The minimum Gasteiger partial charge on any atom is -0.321 e. The van der Waals surface area contributed by atoms with E-state index in [0.29, 0.717) is 5.69 Å².